The van der Waals surface area contributed by atoms with Gasteiger partial charge in [0, 0.05) is 0 Å². The van der Waals surface area contributed by atoms with Gasteiger partial charge in [-0.3, -0.25) is 0 Å². The number of nitrogens with one attached hydrogen (secondary N) is 2. The number of unbranched alkanes of at least 4 members (excludes halogenated alkanes) is 1. The summed E-state index contributed by atoms with van der Waals surface area (Å²) in [6, 6.07) is 66.3. The normalized spacial score (nSPS) is 11.6. The van der Waals surface area contributed by atoms with Gasteiger partial charge < -0.3 is 16.9 Å². The van der Waals surface area contributed by atoms with Crippen LogP contribution in [0.3, 0.4) is 0 Å². The molecule has 0 aliphatic rings. The fourth-order valence-electron chi connectivity index (χ4n) is 6.47. The summed E-state index contributed by atoms with van der Waals surface area (Å²) in [6.07, 6.45) is 3.87. The molecule has 0 unspecified atom stereocenters. The summed E-state index contributed by atoms with van der Waals surface area (Å²) in [5.41, 5.74) is 0. The molecule has 6 aromatic rings. The topological polar surface area (TPSA) is 24.1 Å². The van der Waals surface area contributed by atoms with Crippen LogP contribution < -0.4 is 41.1 Å². The monoisotopic (exact) mass is 754 g/mol. The molecule has 0 aliphatic carbocycles. The zero-order valence-electron chi connectivity index (χ0n) is 26.4. The maximum atomic E-state index is 4.37. The Kier molecular flexibility index (Phi) is 12.7. The van der Waals surface area contributed by atoms with Crippen molar-refractivity contribution in [1.29, 1.82) is 0 Å². The van der Waals surface area contributed by atoms with Gasteiger partial charge in [0.25, 0.3) is 0 Å². The van der Waals surface area contributed by atoms with Crippen LogP contribution in [-0.4, -0.2) is 65.4 Å². The van der Waals surface area contributed by atoms with Crippen molar-refractivity contribution in [3.8, 4) is 0 Å². The van der Waals surface area contributed by atoms with Gasteiger partial charge in [0.05, 0.1) is 0 Å². The van der Waals surface area contributed by atoms with Gasteiger partial charge in [0.2, 0.25) is 0 Å². The Hall–Kier alpha value is -2.75. The van der Waals surface area contributed by atoms with E-state index in [1.807, 2.05) is 0 Å². The van der Waals surface area contributed by atoms with Gasteiger partial charge in [-0.05, 0) is 31.1 Å². The van der Waals surface area contributed by atoms with E-state index in [1.54, 1.807) is 0 Å². The summed E-state index contributed by atoms with van der Waals surface area (Å²) in [4.78, 5) is 8.73. The Morgan fingerprint density at radius 2 is 0.609 bits per heavy atom. The maximum absolute atomic E-state index is 4.37. The largest absolute Gasteiger partial charge is 2.00 e. The van der Waals surface area contributed by atoms with Gasteiger partial charge in [-0.15, -0.1) is 6.42 Å². The molecule has 0 aromatic heterocycles. The molecule has 2 nitrogen and oxygen atoms in total. The zero-order chi connectivity index (χ0) is 30.8. The molecule has 0 bridgehead atoms. The van der Waals surface area contributed by atoms with Crippen LogP contribution in [0, 0.1) is 13.1 Å². The van der Waals surface area contributed by atoms with Gasteiger partial charge in [-0.2, -0.15) is 12.8 Å². The van der Waals surface area contributed by atoms with Gasteiger partial charge in [0.15, 0.2) is 16.5 Å². The van der Waals surface area contributed by atoms with E-state index in [9.17, 15) is 0 Å². The Labute approximate surface area is 317 Å². The summed E-state index contributed by atoms with van der Waals surface area (Å²) >= 11 is 0. The van der Waals surface area contributed by atoms with Crippen molar-refractivity contribution < 1.29 is 0 Å². The average molecular weight is 754 g/mol. The van der Waals surface area contributed by atoms with Crippen LogP contribution in [0.4, 0.5) is 0 Å². The van der Waals surface area contributed by atoms with Crippen molar-refractivity contribution in [2.24, 2.45) is 0 Å². The second kappa shape index (κ2) is 16.9. The number of hydrogen-bond acceptors (Lipinski definition) is 2. The molecule has 0 amide bonds. The zero-order valence-corrected chi connectivity index (χ0v) is 32.8. The third-order valence-corrected chi connectivity index (χ3v) is 17.1. The van der Waals surface area contributed by atoms with Crippen LogP contribution >= 0.6 is 0 Å². The summed E-state index contributed by atoms with van der Waals surface area (Å²) in [5, 5.41) is 7.93. The predicted molar refractivity (Wildman–Crippen MR) is 202 cm³/mol. The maximum Gasteiger partial charge on any atom is 2.00 e. The number of benzene rings is 6. The summed E-state index contributed by atoms with van der Waals surface area (Å²) in [5.74, 6) is 0. The molecular weight excluding hydrogens is 714 g/mol. The first-order valence-corrected chi connectivity index (χ1v) is 19.8. The van der Waals surface area contributed by atoms with Gasteiger partial charge >= 0.3 is 48.9 Å². The number of hydrogen-bond donors (Lipinski definition) is 2. The molecule has 5 heteroatoms. The molecule has 6 rings (SSSR count). The first-order valence-electron chi connectivity index (χ1n) is 15.8. The fraction of sp³-hybridized carbons (Fsp3) is 0.0732. The minimum atomic E-state index is -2.79. The molecule has 0 atom stereocenters. The van der Waals surface area contributed by atoms with Crippen LogP contribution in [-0.2, 0) is 0 Å². The third kappa shape index (κ3) is 7.36. The minimum absolute atomic E-state index is 0. The summed E-state index contributed by atoms with van der Waals surface area (Å²) in [6.45, 7) is 4.25. The Morgan fingerprint density at radius 3 is 0.804 bits per heavy atom. The Morgan fingerprint density at radius 1 is 0.391 bits per heavy atom. The Balaban J connectivity index is 0.00000417. The van der Waals surface area contributed by atoms with E-state index in [0.717, 1.165) is 19.3 Å². The van der Waals surface area contributed by atoms with E-state index in [4.69, 9.17) is 0 Å². The fourth-order valence-corrected chi connectivity index (χ4v) is 14.9. The molecule has 0 radical (unpaired) electrons. The second-order valence-corrected chi connectivity index (χ2v) is 18.3. The van der Waals surface area contributed by atoms with Crippen molar-refractivity contribution in [2.75, 3.05) is 0 Å². The van der Waals surface area contributed by atoms with E-state index < -0.39 is 16.5 Å². The van der Waals surface area contributed by atoms with Crippen LogP contribution in [0.1, 0.15) is 19.3 Å². The SMILES string of the molecule is [Ba+2].[CH2-]CCC[C-](N[Si](c1ccccc1)(c1ccccc1)c1ccccc1)N[Si](c1ccccc1)(c1ccccc1)c1ccccc1. The molecule has 0 heterocycles. The van der Waals surface area contributed by atoms with Crippen molar-refractivity contribution in [2.45, 2.75) is 19.3 Å². The predicted octanol–water partition coefficient (Wildman–Crippen LogP) is 4.61. The third-order valence-electron chi connectivity index (χ3n) is 8.59. The van der Waals surface area contributed by atoms with Crippen LogP contribution in [0.2, 0.25) is 0 Å². The second-order valence-electron chi connectivity index (χ2n) is 11.4. The molecule has 2 N–H and O–H groups in total. The summed E-state index contributed by atoms with van der Waals surface area (Å²) in [7, 11) is -5.57. The summed E-state index contributed by atoms with van der Waals surface area (Å²) < 4.78 is 0. The smallest absolute Gasteiger partial charge is 0.465 e. The molecule has 46 heavy (non-hydrogen) atoms. The van der Waals surface area contributed by atoms with Gasteiger partial charge in [-0.25, -0.2) is 6.17 Å². The molecular formula is C41H40BaN2Si2. The van der Waals surface area contributed by atoms with Crippen molar-refractivity contribution in [1.82, 2.24) is 9.96 Å². The van der Waals surface area contributed by atoms with E-state index in [2.05, 4.69) is 199 Å². The van der Waals surface area contributed by atoms with Crippen molar-refractivity contribution >= 4 is 96.5 Å². The first-order chi connectivity index (χ1) is 22.3. The van der Waals surface area contributed by atoms with Gasteiger partial charge in [-0.1, -0.05) is 182 Å². The van der Waals surface area contributed by atoms with Crippen LogP contribution in [0.25, 0.3) is 0 Å². The number of rotatable bonds is 13. The molecule has 224 valence electrons. The standard InChI is InChI=1S/C41H40N2Si2.Ba/c1-2-3-34-41(42-44(35-22-10-4-11-23-35,36-24-12-5-13-25-36)37-26-14-6-15-27-37)43-45(38-28-16-7-17-29-38,39-30-18-8-19-31-39)40-32-20-9-21-33-40;/h4-33,42-43H,1-3,34H2;/q-2;+2. The molecule has 0 fully saturated rings. The quantitative estimate of drug-likeness (QED) is 0.102. The van der Waals surface area contributed by atoms with E-state index in [0.29, 0.717) is 0 Å². The Bertz CT molecular complexity index is 1400. The molecule has 0 aliphatic heterocycles. The van der Waals surface area contributed by atoms with Crippen LogP contribution in [0.15, 0.2) is 182 Å². The van der Waals surface area contributed by atoms with Crippen molar-refractivity contribution in [3.63, 3.8) is 0 Å². The molecule has 6 aromatic carbocycles. The van der Waals surface area contributed by atoms with E-state index >= 15 is 0 Å². The van der Waals surface area contributed by atoms with Crippen LogP contribution in [0.5, 0.6) is 0 Å². The molecule has 0 saturated heterocycles. The van der Waals surface area contributed by atoms with E-state index in [-0.39, 0.29) is 48.9 Å². The molecule has 0 spiro atoms. The van der Waals surface area contributed by atoms with Crippen molar-refractivity contribution in [3.05, 3.63) is 195 Å². The molecule has 0 saturated carbocycles. The van der Waals surface area contributed by atoms with Gasteiger partial charge in [0.1, 0.15) is 0 Å². The minimum Gasteiger partial charge on any atom is -0.465 e. The first kappa shape index (κ1) is 34.6. The van der Waals surface area contributed by atoms with E-state index in [1.165, 1.54) is 37.3 Å². The average Bonchev–Trinajstić information content (AvgIpc) is 3.14.